The number of nitrogens with one attached hydrogen (secondary N) is 1. The highest BCUT2D eigenvalue weighted by Gasteiger charge is 2.35. The smallest absolute Gasteiger partial charge is 0.326 e. The van der Waals surface area contributed by atoms with Gasteiger partial charge in [-0.1, -0.05) is 6.92 Å². The summed E-state index contributed by atoms with van der Waals surface area (Å²) in [5.41, 5.74) is 0.176. The van der Waals surface area contributed by atoms with E-state index in [1.165, 1.54) is 10.3 Å². The van der Waals surface area contributed by atoms with Gasteiger partial charge in [0.15, 0.2) is 5.13 Å². The number of rotatable bonds is 4. The topological polar surface area (TPSA) is 99.6 Å². The molecule has 1 aliphatic rings. The number of hydrogen-bond donors (Lipinski definition) is 2. The molecule has 108 valence electrons. The Morgan fingerprint density at radius 3 is 2.95 bits per heavy atom. The summed E-state index contributed by atoms with van der Waals surface area (Å²) >= 11 is 1.15. The average Bonchev–Trinajstić information content (AvgIpc) is 3.06. The molecule has 2 N–H and O–H groups in total. The van der Waals surface area contributed by atoms with Gasteiger partial charge in [0.2, 0.25) is 5.91 Å². The lowest BCUT2D eigenvalue weighted by atomic mass is 10.2. The standard InChI is InChI=1S/C12H15N3O4S/c1-2-9(16)14-12-13-7(6-20-12)10(17)15-5-3-4-8(15)11(18)19/h6,8H,2-5H2,1H3,(H,18,19)(H,13,14,16). The summed E-state index contributed by atoms with van der Waals surface area (Å²) in [6, 6.07) is -0.780. The zero-order chi connectivity index (χ0) is 14.7. The fraction of sp³-hybridized carbons (Fsp3) is 0.500. The summed E-state index contributed by atoms with van der Waals surface area (Å²) in [7, 11) is 0. The van der Waals surface area contributed by atoms with E-state index >= 15 is 0 Å². The van der Waals surface area contributed by atoms with Gasteiger partial charge in [-0.05, 0) is 12.8 Å². The number of carboxylic acid groups (broad SMARTS) is 1. The van der Waals surface area contributed by atoms with E-state index in [9.17, 15) is 14.4 Å². The van der Waals surface area contributed by atoms with E-state index in [-0.39, 0.29) is 11.6 Å². The fourth-order valence-electron chi connectivity index (χ4n) is 2.05. The number of hydrogen-bond acceptors (Lipinski definition) is 5. The zero-order valence-corrected chi connectivity index (χ0v) is 11.8. The maximum absolute atomic E-state index is 12.2. The molecule has 0 bridgehead atoms. The fourth-order valence-corrected chi connectivity index (χ4v) is 2.75. The van der Waals surface area contributed by atoms with E-state index in [0.717, 1.165) is 11.3 Å². The second kappa shape index (κ2) is 6.00. The first kappa shape index (κ1) is 14.4. The van der Waals surface area contributed by atoms with Gasteiger partial charge in [-0.3, -0.25) is 9.59 Å². The molecular formula is C12H15N3O4S. The number of carbonyl (C=O) groups is 3. The second-order valence-corrected chi connectivity index (χ2v) is 5.29. The Labute approximate surface area is 119 Å². The number of carbonyl (C=O) groups excluding carboxylic acids is 2. The lowest BCUT2D eigenvalue weighted by molar-refractivity contribution is -0.141. The summed E-state index contributed by atoms with van der Waals surface area (Å²) in [5.74, 6) is -1.57. The minimum absolute atomic E-state index is 0.176. The third-order valence-electron chi connectivity index (χ3n) is 3.09. The molecule has 20 heavy (non-hydrogen) atoms. The number of aliphatic carboxylic acids is 1. The van der Waals surface area contributed by atoms with Gasteiger partial charge in [0.1, 0.15) is 11.7 Å². The minimum atomic E-state index is -0.995. The Kier molecular flexibility index (Phi) is 4.33. The normalized spacial score (nSPS) is 18.1. The molecule has 0 saturated carbocycles. The molecule has 1 atom stereocenters. The third-order valence-corrected chi connectivity index (χ3v) is 3.85. The molecule has 2 rings (SSSR count). The van der Waals surface area contributed by atoms with Crippen molar-refractivity contribution in [2.75, 3.05) is 11.9 Å². The van der Waals surface area contributed by atoms with Crippen LogP contribution in [-0.2, 0) is 9.59 Å². The van der Waals surface area contributed by atoms with E-state index in [0.29, 0.717) is 30.9 Å². The summed E-state index contributed by atoms with van der Waals surface area (Å²) < 4.78 is 0. The first-order valence-corrected chi connectivity index (χ1v) is 7.20. The number of anilines is 1. The van der Waals surface area contributed by atoms with Crippen LogP contribution in [0.5, 0.6) is 0 Å². The first-order valence-electron chi connectivity index (χ1n) is 6.32. The molecular weight excluding hydrogens is 282 g/mol. The van der Waals surface area contributed by atoms with Crippen LogP contribution in [0.1, 0.15) is 36.7 Å². The highest BCUT2D eigenvalue weighted by Crippen LogP contribution is 2.22. The minimum Gasteiger partial charge on any atom is -0.480 e. The molecule has 0 radical (unpaired) electrons. The largest absolute Gasteiger partial charge is 0.480 e. The van der Waals surface area contributed by atoms with E-state index in [1.54, 1.807) is 6.92 Å². The maximum atomic E-state index is 12.2. The van der Waals surface area contributed by atoms with Crippen molar-refractivity contribution in [1.29, 1.82) is 0 Å². The van der Waals surface area contributed by atoms with Crippen LogP contribution in [-0.4, -0.2) is 45.4 Å². The van der Waals surface area contributed by atoms with Crippen LogP contribution in [0.2, 0.25) is 0 Å². The van der Waals surface area contributed by atoms with Crippen molar-refractivity contribution in [1.82, 2.24) is 9.88 Å². The molecule has 8 heteroatoms. The van der Waals surface area contributed by atoms with Crippen LogP contribution in [0.4, 0.5) is 5.13 Å². The Morgan fingerprint density at radius 2 is 2.30 bits per heavy atom. The van der Waals surface area contributed by atoms with Gasteiger partial charge in [-0.25, -0.2) is 9.78 Å². The summed E-state index contributed by atoms with van der Waals surface area (Å²) in [4.78, 5) is 39.9. The molecule has 0 aromatic carbocycles. The van der Waals surface area contributed by atoms with Crippen molar-refractivity contribution >= 4 is 34.3 Å². The Morgan fingerprint density at radius 1 is 1.55 bits per heavy atom. The molecule has 1 fully saturated rings. The molecule has 1 unspecified atom stereocenters. The maximum Gasteiger partial charge on any atom is 0.326 e. The van der Waals surface area contributed by atoms with E-state index < -0.39 is 17.9 Å². The van der Waals surface area contributed by atoms with Gasteiger partial charge < -0.3 is 15.3 Å². The van der Waals surface area contributed by atoms with Crippen LogP contribution in [0.25, 0.3) is 0 Å². The van der Waals surface area contributed by atoms with Crippen LogP contribution in [0, 0.1) is 0 Å². The molecule has 7 nitrogen and oxygen atoms in total. The molecule has 1 aromatic rings. The molecule has 0 aliphatic carbocycles. The van der Waals surface area contributed by atoms with Crippen LogP contribution >= 0.6 is 11.3 Å². The summed E-state index contributed by atoms with van der Waals surface area (Å²) in [6.45, 7) is 2.14. The Balaban J connectivity index is 2.09. The number of amides is 2. The number of likely N-dealkylation sites (tertiary alicyclic amines) is 1. The van der Waals surface area contributed by atoms with Crippen molar-refractivity contribution in [3.63, 3.8) is 0 Å². The van der Waals surface area contributed by atoms with Gasteiger partial charge in [0.25, 0.3) is 5.91 Å². The van der Waals surface area contributed by atoms with Crippen LogP contribution in [0.3, 0.4) is 0 Å². The molecule has 2 heterocycles. The van der Waals surface area contributed by atoms with Crippen molar-refractivity contribution in [3.8, 4) is 0 Å². The van der Waals surface area contributed by atoms with Gasteiger partial charge >= 0.3 is 5.97 Å². The van der Waals surface area contributed by atoms with Crippen molar-refractivity contribution in [2.24, 2.45) is 0 Å². The quantitative estimate of drug-likeness (QED) is 0.869. The molecule has 2 amide bonds. The molecule has 1 saturated heterocycles. The number of carboxylic acids is 1. The van der Waals surface area contributed by atoms with E-state index in [1.807, 2.05) is 0 Å². The number of thiazole rings is 1. The average molecular weight is 297 g/mol. The number of nitrogens with zero attached hydrogens (tertiary/aromatic N) is 2. The lowest BCUT2D eigenvalue weighted by Gasteiger charge is -2.20. The summed E-state index contributed by atoms with van der Waals surface area (Å²) in [6.07, 6.45) is 1.47. The van der Waals surface area contributed by atoms with Crippen LogP contribution in [0.15, 0.2) is 5.38 Å². The first-order chi connectivity index (χ1) is 9.52. The Hall–Kier alpha value is -1.96. The lowest BCUT2D eigenvalue weighted by Crippen LogP contribution is -2.40. The van der Waals surface area contributed by atoms with E-state index in [2.05, 4.69) is 10.3 Å². The predicted molar refractivity (Wildman–Crippen MR) is 72.7 cm³/mol. The molecule has 0 spiro atoms. The molecule has 1 aliphatic heterocycles. The third kappa shape index (κ3) is 2.96. The van der Waals surface area contributed by atoms with Crippen molar-refractivity contribution in [3.05, 3.63) is 11.1 Å². The highest BCUT2D eigenvalue weighted by atomic mass is 32.1. The monoisotopic (exact) mass is 297 g/mol. The second-order valence-electron chi connectivity index (χ2n) is 4.43. The molecule has 1 aromatic heterocycles. The summed E-state index contributed by atoms with van der Waals surface area (Å²) in [5, 5.41) is 13.5. The van der Waals surface area contributed by atoms with Gasteiger partial charge in [-0.2, -0.15) is 0 Å². The number of aromatic nitrogens is 1. The highest BCUT2D eigenvalue weighted by molar-refractivity contribution is 7.14. The van der Waals surface area contributed by atoms with Crippen molar-refractivity contribution in [2.45, 2.75) is 32.2 Å². The van der Waals surface area contributed by atoms with Gasteiger partial charge in [0, 0.05) is 18.3 Å². The Bertz CT molecular complexity index is 543. The predicted octanol–water partition coefficient (Wildman–Crippen LogP) is 1.18. The SMILES string of the molecule is CCC(=O)Nc1nc(C(=O)N2CCCC2C(=O)O)cs1. The van der Waals surface area contributed by atoms with Crippen molar-refractivity contribution < 1.29 is 19.5 Å². The van der Waals surface area contributed by atoms with Gasteiger partial charge in [-0.15, -0.1) is 11.3 Å². The zero-order valence-electron chi connectivity index (χ0n) is 11.0. The van der Waals surface area contributed by atoms with Crippen LogP contribution < -0.4 is 5.32 Å². The van der Waals surface area contributed by atoms with Gasteiger partial charge in [0.05, 0.1) is 0 Å². The van der Waals surface area contributed by atoms with E-state index in [4.69, 9.17) is 5.11 Å².